The molecular weight excluding hydrogens is 362 g/mol. The molecule has 5 rings (SSSR count). The van der Waals surface area contributed by atoms with Crippen molar-refractivity contribution in [3.8, 4) is 0 Å². The van der Waals surface area contributed by atoms with Gasteiger partial charge in [0.1, 0.15) is 0 Å². The Balaban J connectivity index is 2.20. The first-order valence-corrected chi connectivity index (χ1v) is 9.06. The van der Waals surface area contributed by atoms with Crippen LogP contribution in [0.1, 0.15) is 5.56 Å². The number of benzene rings is 4. The van der Waals surface area contributed by atoms with E-state index < -0.39 is 10.9 Å². The molecule has 0 aliphatic heterocycles. The lowest BCUT2D eigenvalue weighted by atomic mass is 10.0. The van der Waals surface area contributed by atoms with Gasteiger partial charge in [0.25, 0.3) is 0 Å². The molecule has 0 bridgehead atoms. The van der Waals surface area contributed by atoms with Gasteiger partial charge in [-0.1, -0.05) is 17.7 Å². The summed E-state index contributed by atoms with van der Waals surface area (Å²) >= 11 is 0.919. The van der Waals surface area contributed by atoms with Gasteiger partial charge in [-0.05, 0) is 31.2 Å². The number of thiophene rings is 1. The molecule has 0 radical (unpaired) electrons. The van der Waals surface area contributed by atoms with Gasteiger partial charge in [-0.25, -0.2) is 0 Å². The van der Waals surface area contributed by atoms with Gasteiger partial charge in [0.15, 0.2) is 10.9 Å². The number of rotatable bonds is 0. The summed E-state index contributed by atoms with van der Waals surface area (Å²) in [5, 5.41) is 1.09. The Morgan fingerprint density at radius 2 is 1.19 bits per heavy atom. The number of aryl methyl sites for hydroxylation is 1. The zero-order valence-electron chi connectivity index (χ0n) is 14.1. The molecule has 0 fully saturated rings. The van der Waals surface area contributed by atoms with Crippen molar-refractivity contribution in [3.63, 3.8) is 0 Å². The first-order valence-electron chi connectivity index (χ1n) is 8.24. The van der Waals surface area contributed by atoms with E-state index in [9.17, 15) is 19.2 Å². The second-order valence-corrected chi connectivity index (χ2v) is 7.70. The van der Waals surface area contributed by atoms with Crippen LogP contribution in [0.15, 0.2) is 55.6 Å². The largest absolute Gasteiger partial charge is 0.399 e. The summed E-state index contributed by atoms with van der Waals surface area (Å²) in [6.07, 6.45) is 0. The van der Waals surface area contributed by atoms with Crippen LogP contribution in [0, 0.1) is 6.92 Å². The molecule has 1 aromatic heterocycles. The molecule has 6 heteroatoms. The lowest BCUT2D eigenvalue weighted by molar-refractivity contribution is 1.50. The lowest BCUT2D eigenvalue weighted by Crippen LogP contribution is -2.15. The van der Waals surface area contributed by atoms with Gasteiger partial charge in [0.05, 0.1) is 20.2 Å². The monoisotopic (exact) mass is 373 g/mol. The van der Waals surface area contributed by atoms with E-state index in [1.165, 1.54) is 12.1 Å². The maximum absolute atomic E-state index is 13.1. The molecule has 4 aromatic carbocycles. The molecule has 2 N–H and O–H groups in total. The minimum absolute atomic E-state index is 0.0434. The van der Waals surface area contributed by atoms with E-state index in [0.29, 0.717) is 11.1 Å². The number of hydrogen-bond acceptors (Lipinski definition) is 6. The third-order valence-corrected chi connectivity index (χ3v) is 6.16. The number of nitrogens with two attached hydrogens (primary N) is 1. The van der Waals surface area contributed by atoms with Crippen molar-refractivity contribution < 1.29 is 0 Å². The minimum Gasteiger partial charge on any atom is -0.399 e. The van der Waals surface area contributed by atoms with Gasteiger partial charge in [0, 0.05) is 27.2 Å². The Kier molecular flexibility index (Phi) is 2.98. The Bertz CT molecular complexity index is 1550. The van der Waals surface area contributed by atoms with Crippen LogP contribution >= 0.6 is 11.3 Å². The third-order valence-electron chi connectivity index (χ3n) is 4.97. The highest BCUT2D eigenvalue weighted by atomic mass is 32.1. The summed E-state index contributed by atoms with van der Waals surface area (Å²) in [5.41, 5.74) is 5.46. The number of hydrogen-bond donors (Lipinski definition) is 1. The number of nitrogen functional groups attached to an aromatic ring is 1. The molecule has 0 saturated heterocycles. The summed E-state index contributed by atoms with van der Waals surface area (Å²) in [4.78, 5) is 52.1. The van der Waals surface area contributed by atoms with Crippen molar-refractivity contribution in [1.29, 1.82) is 0 Å². The van der Waals surface area contributed by atoms with Crippen LogP contribution in [0.3, 0.4) is 0 Å². The molecule has 0 aliphatic carbocycles. The average molecular weight is 373 g/mol. The predicted molar refractivity (Wildman–Crippen MR) is 111 cm³/mol. The molecule has 0 aliphatic rings. The highest BCUT2D eigenvalue weighted by molar-refractivity contribution is 7.25. The fraction of sp³-hybridized carbons (Fsp3) is 0.0476. The van der Waals surface area contributed by atoms with Crippen LogP contribution in [0.5, 0.6) is 0 Å². The van der Waals surface area contributed by atoms with Gasteiger partial charge in [-0.3, -0.25) is 19.2 Å². The highest BCUT2D eigenvalue weighted by Gasteiger charge is 2.21. The van der Waals surface area contributed by atoms with Gasteiger partial charge in [-0.15, -0.1) is 11.3 Å². The molecule has 5 nitrogen and oxygen atoms in total. The fourth-order valence-corrected chi connectivity index (χ4v) is 4.89. The zero-order valence-corrected chi connectivity index (χ0v) is 14.9. The summed E-state index contributed by atoms with van der Waals surface area (Å²) in [6, 6.07) is 9.50. The van der Waals surface area contributed by atoms with Crippen LogP contribution in [0.25, 0.3) is 41.7 Å². The van der Waals surface area contributed by atoms with Crippen molar-refractivity contribution in [2.75, 3.05) is 5.73 Å². The summed E-state index contributed by atoms with van der Waals surface area (Å²) in [5.74, 6) is 0. The summed E-state index contributed by atoms with van der Waals surface area (Å²) in [7, 11) is 0. The van der Waals surface area contributed by atoms with E-state index in [4.69, 9.17) is 5.73 Å². The molecule has 0 saturated carbocycles. The standard InChI is InChI=1S/C21H11NO4S/c1-8-2-4-10-12(6-8)18(25)20-14(16(10)23)15-17(24)11-5-3-9(22)7-13(11)19(26)21(15)27-20/h2-7H,22H2,1H3. The summed E-state index contributed by atoms with van der Waals surface area (Å²) in [6.45, 7) is 1.83. The van der Waals surface area contributed by atoms with E-state index in [-0.39, 0.29) is 47.2 Å². The van der Waals surface area contributed by atoms with Crippen LogP contribution in [-0.4, -0.2) is 0 Å². The normalized spacial score (nSPS) is 11.9. The summed E-state index contributed by atoms with van der Waals surface area (Å²) < 4.78 is 0.292. The first-order chi connectivity index (χ1) is 12.9. The first kappa shape index (κ1) is 15.8. The average Bonchev–Trinajstić information content (AvgIpc) is 3.05. The Labute approximate surface area is 154 Å². The lowest BCUT2D eigenvalue weighted by Gasteiger charge is -2.00. The van der Waals surface area contributed by atoms with Crippen LogP contribution in [0.2, 0.25) is 0 Å². The second-order valence-electron chi connectivity index (χ2n) is 6.68. The van der Waals surface area contributed by atoms with Gasteiger partial charge in [0.2, 0.25) is 10.9 Å². The molecule has 0 unspecified atom stereocenters. The fourth-order valence-electron chi connectivity index (χ4n) is 3.69. The van der Waals surface area contributed by atoms with Gasteiger partial charge < -0.3 is 5.73 Å². The van der Waals surface area contributed by atoms with Crippen molar-refractivity contribution in [1.82, 2.24) is 0 Å². The SMILES string of the molecule is Cc1ccc2c(=O)c3c(sc4c(=O)c5cc(N)ccc5c(=O)c43)c(=O)c2c1. The Morgan fingerprint density at radius 1 is 0.667 bits per heavy atom. The number of fused-ring (bicyclic) bond motifs is 5. The van der Waals surface area contributed by atoms with Crippen molar-refractivity contribution in [3.05, 3.63) is 82.9 Å². The Hall–Kier alpha value is -3.38. The predicted octanol–water partition coefficient (Wildman–Crippen LogP) is 2.57. The van der Waals surface area contributed by atoms with E-state index >= 15 is 0 Å². The smallest absolute Gasteiger partial charge is 0.204 e. The third kappa shape index (κ3) is 1.93. The van der Waals surface area contributed by atoms with E-state index in [1.54, 1.807) is 24.3 Å². The molecule has 5 aromatic rings. The van der Waals surface area contributed by atoms with Crippen LogP contribution < -0.4 is 27.4 Å². The molecule has 0 amide bonds. The van der Waals surface area contributed by atoms with Crippen molar-refractivity contribution >= 4 is 58.7 Å². The zero-order chi connectivity index (χ0) is 19.0. The van der Waals surface area contributed by atoms with Crippen molar-refractivity contribution in [2.24, 2.45) is 0 Å². The maximum atomic E-state index is 13.1. The maximum Gasteiger partial charge on any atom is 0.204 e. The molecule has 0 atom stereocenters. The van der Waals surface area contributed by atoms with Gasteiger partial charge >= 0.3 is 0 Å². The van der Waals surface area contributed by atoms with Gasteiger partial charge in [-0.2, -0.15) is 0 Å². The van der Waals surface area contributed by atoms with Crippen molar-refractivity contribution in [2.45, 2.75) is 6.92 Å². The highest BCUT2D eigenvalue weighted by Crippen LogP contribution is 2.29. The minimum atomic E-state index is -0.422. The molecule has 1 heterocycles. The number of anilines is 1. The van der Waals surface area contributed by atoms with Crippen LogP contribution in [-0.2, 0) is 0 Å². The quantitative estimate of drug-likeness (QED) is 0.421. The molecule has 130 valence electrons. The second kappa shape index (κ2) is 5.08. The van der Waals surface area contributed by atoms with Crippen LogP contribution in [0.4, 0.5) is 5.69 Å². The van der Waals surface area contributed by atoms with E-state index in [1.807, 2.05) is 6.92 Å². The van der Waals surface area contributed by atoms with E-state index in [0.717, 1.165) is 16.9 Å². The molecular formula is C21H11NO4S. The molecule has 0 spiro atoms. The Morgan fingerprint density at radius 3 is 1.78 bits per heavy atom. The van der Waals surface area contributed by atoms with E-state index in [2.05, 4.69) is 0 Å². The molecule has 27 heavy (non-hydrogen) atoms. The topological polar surface area (TPSA) is 94.3 Å².